The van der Waals surface area contributed by atoms with Crippen LogP contribution in [0, 0.1) is 6.92 Å². The van der Waals surface area contributed by atoms with E-state index in [2.05, 4.69) is 10.6 Å². The van der Waals surface area contributed by atoms with Crippen molar-refractivity contribution in [3.05, 3.63) is 53.6 Å². The van der Waals surface area contributed by atoms with Gasteiger partial charge in [0.25, 0.3) is 5.91 Å². The molecule has 31 heavy (non-hydrogen) atoms. The third-order valence-corrected chi connectivity index (χ3v) is 7.56. The zero-order valence-electron chi connectivity index (χ0n) is 18.1. The van der Waals surface area contributed by atoms with Crippen LogP contribution in [0.15, 0.2) is 47.4 Å². The summed E-state index contributed by atoms with van der Waals surface area (Å²) in [6.45, 7) is 3.26. The number of carbonyl (C=O) groups excluding carboxylic acids is 2. The van der Waals surface area contributed by atoms with Crippen LogP contribution in [0.2, 0.25) is 0 Å². The van der Waals surface area contributed by atoms with E-state index in [1.165, 1.54) is 23.4 Å². The summed E-state index contributed by atoms with van der Waals surface area (Å²) in [6, 6.07) is 11.3. The van der Waals surface area contributed by atoms with Crippen LogP contribution >= 0.6 is 0 Å². The second-order valence-corrected chi connectivity index (χ2v) is 10.0. The summed E-state index contributed by atoms with van der Waals surface area (Å²) < 4.78 is 27.6. The van der Waals surface area contributed by atoms with Gasteiger partial charge >= 0.3 is 0 Å². The molecule has 0 radical (unpaired) electrons. The lowest BCUT2D eigenvalue weighted by Gasteiger charge is -2.30. The Morgan fingerprint density at radius 2 is 1.71 bits per heavy atom. The van der Waals surface area contributed by atoms with Crippen molar-refractivity contribution in [2.75, 3.05) is 17.7 Å². The molecule has 8 heteroatoms. The third-order valence-electron chi connectivity index (χ3n) is 5.66. The lowest BCUT2D eigenvalue weighted by atomic mass is 9.96. The number of aryl methyl sites for hydroxylation is 1. The molecule has 1 aliphatic rings. The fourth-order valence-electron chi connectivity index (χ4n) is 3.88. The van der Waals surface area contributed by atoms with Gasteiger partial charge in [-0.2, -0.15) is 4.31 Å². The predicted octanol–water partition coefficient (Wildman–Crippen LogP) is 4.16. The molecule has 0 bridgehead atoms. The molecule has 1 saturated carbocycles. The van der Waals surface area contributed by atoms with Crippen molar-refractivity contribution in [2.24, 2.45) is 0 Å². The molecule has 2 aromatic carbocycles. The zero-order valence-corrected chi connectivity index (χ0v) is 19.0. The minimum absolute atomic E-state index is 0.00124. The highest BCUT2D eigenvalue weighted by Crippen LogP contribution is 2.27. The Morgan fingerprint density at radius 3 is 2.35 bits per heavy atom. The first-order valence-electron chi connectivity index (χ1n) is 10.5. The number of hydrogen-bond donors (Lipinski definition) is 2. The van der Waals surface area contributed by atoms with Gasteiger partial charge < -0.3 is 10.6 Å². The number of nitrogens with zero attached hydrogens (tertiary/aromatic N) is 1. The van der Waals surface area contributed by atoms with Gasteiger partial charge in [0.2, 0.25) is 15.9 Å². The first-order chi connectivity index (χ1) is 14.7. The van der Waals surface area contributed by atoms with Crippen LogP contribution < -0.4 is 10.6 Å². The minimum Gasteiger partial charge on any atom is -0.326 e. The van der Waals surface area contributed by atoms with Gasteiger partial charge in [0.15, 0.2) is 0 Å². The molecule has 7 nitrogen and oxygen atoms in total. The summed E-state index contributed by atoms with van der Waals surface area (Å²) in [5.74, 6) is -0.569. The molecule has 0 saturated heterocycles. The Labute approximate surface area is 183 Å². The number of rotatable bonds is 6. The van der Waals surface area contributed by atoms with Crippen LogP contribution in [0.3, 0.4) is 0 Å². The first kappa shape index (κ1) is 23.0. The Hall–Kier alpha value is -2.71. The van der Waals surface area contributed by atoms with Crippen molar-refractivity contribution >= 4 is 33.2 Å². The SMILES string of the molecule is CC(=O)Nc1ccc(NC(=O)c2cccc(S(=O)(=O)N(C)C3CCCCC3)c2)cc1C. The van der Waals surface area contributed by atoms with Crippen LogP contribution in [0.4, 0.5) is 11.4 Å². The second kappa shape index (κ2) is 9.62. The average molecular weight is 444 g/mol. The van der Waals surface area contributed by atoms with E-state index in [1.807, 2.05) is 6.92 Å². The van der Waals surface area contributed by atoms with Gasteiger partial charge in [0.1, 0.15) is 0 Å². The number of benzene rings is 2. The topological polar surface area (TPSA) is 95.6 Å². The highest BCUT2D eigenvalue weighted by Gasteiger charge is 2.29. The molecular weight excluding hydrogens is 414 g/mol. The molecule has 0 spiro atoms. The van der Waals surface area contributed by atoms with E-state index in [0.29, 0.717) is 11.4 Å². The third kappa shape index (κ3) is 5.51. The van der Waals surface area contributed by atoms with Crippen molar-refractivity contribution in [1.82, 2.24) is 4.31 Å². The Kier molecular flexibility index (Phi) is 7.12. The largest absolute Gasteiger partial charge is 0.326 e. The summed E-state index contributed by atoms with van der Waals surface area (Å²) in [7, 11) is -2.06. The number of amides is 2. The van der Waals surface area contributed by atoms with Crippen LogP contribution in [0.5, 0.6) is 0 Å². The Balaban J connectivity index is 1.77. The highest BCUT2D eigenvalue weighted by molar-refractivity contribution is 7.89. The molecular formula is C23H29N3O4S. The Morgan fingerprint density at radius 1 is 1.00 bits per heavy atom. The standard InChI is InChI=1S/C23H29N3O4S/c1-16-14-19(12-13-22(16)24-17(2)27)25-23(28)18-8-7-11-21(15-18)31(29,30)26(3)20-9-5-4-6-10-20/h7-8,11-15,20H,4-6,9-10H2,1-3H3,(H,24,27)(H,25,28). The second-order valence-electron chi connectivity index (χ2n) is 8.01. The fraction of sp³-hybridized carbons (Fsp3) is 0.391. The molecule has 3 rings (SSSR count). The number of anilines is 2. The van der Waals surface area contributed by atoms with E-state index in [4.69, 9.17) is 0 Å². The number of hydrogen-bond acceptors (Lipinski definition) is 4. The van der Waals surface area contributed by atoms with Crippen molar-refractivity contribution in [1.29, 1.82) is 0 Å². The van der Waals surface area contributed by atoms with Crippen LogP contribution in [0.1, 0.15) is 54.9 Å². The van der Waals surface area contributed by atoms with Crippen molar-refractivity contribution < 1.29 is 18.0 Å². The zero-order chi connectivity index (χ0) is 22.6. The lowest BCUT2D eigenvalue weighted by Crippen LogP contribution is -2.38. The molecule has 0 aliphatic heterocycles. The molecule has 2 N–H and O–H groups in total. The van der Waals surface area contributed by atoms with Gasteiger partial charge in [-0.3, -0.25) is 9.59 Å². The highest BCUT2D eigenvalue weighted by atomic mass is 32.2. The molecule has 0 heterocycles. The molecule has 2 aromatic rings. The smallest absolute Gasteiger partial charge is 0.255 e. The predicted molar refractivity (Wildman–Crippen MR) is 122 cm³/mol. The van der Waals surface area contributed by atoms with Crippen molar-refractivity contribution in [3.8, 4) is 0 Å². The molecule has 0 aromatic heterocycles. The molecule has 1 aliphatic carbocycles. The fourth-order valence-corrected chi connectivity index (χ4v) is 5.34. The number of carbonyl (C=O) groups is 2. The van der Waals surface area contributed by atoms with E-state index < -0.39 is 15.9 Å². The maximum Gasteiger partial charge on any atom is 0.255 e. The van der Waals surface area contributed by atoms with E-state index in [-0.39, 0.29) is 22.4 Å². The van der Waals surface area contributed by atoms with Gasteiger partial charge in [0.05, 0.1) is 4.90 Å². The molecule has 0 unspecified atom stereocenters. The quantitative estimate of drug-likeness (QED) is 0.701. The van der Waals surface area contributed by atoms with Gasteiger partial charge in [-0.1, -0.05) is 25.3 Å². The summed E-state index contributed by atoms with van der Waals surface area (Å²) in [4.78, 5) is 24.1. The summed E-state index contributed by atoms with van der Waals surface area (Å²) >= 11 is 0. The number of nitrogens with one attached hydrogen (secondary N) is 2. The molecule has 2 amide bonds. The summed E-state index contributed by atoms with van der Waals surface area (Å²) in [5, 5.41) is 5.51. The lowest BCUT2D eigenvalue weighted by molar-refractivity contribution is -0.114. The molecule has 0 atom stereocenters. The number of sulfonamides is 1. The van der Waals surface area contributed by atoms with E-state index in [9.17, 15) is 18.0 Å². The minimum atomic E-state index is -3.68. The van der Waals surface area contributed by atoms with E-state index >= 15 is 0 Å². The van der Waals surface area contributed by atoms with Crippen molar-refractivity contribution in [2.45, 2.75) is 56.9 Å². The van der Waals surface area contributed by atoms with Crippen LogP contribution in [-0.4, -0.2) is 37.6 Å². The first-order valence-corrected chi connectivity index (χ1v) is 11.9. The average Bonchev–Trinajstić information content (AvgIpc) is 2.75. The maximum absolute atomic E-state index is 13.1. The maximum atomic E-state index is 13.1. The monoisotopic (exact) mass is 443 g/mol. The van der Waals surface area contributed by atoms with Gasteiger partial charge in [-0.05, 0) is 61.7 Å². The van der Waals surface area contributed by atoms with E-state index in [0.717, 1.165) is 37.7 Å². The molecule has 166 valence electrons. The van der Waals surface area contributed by atoms with Crippen LogP contribution in [-0.2, 0) is 14.8 Å². The van der Waals surface area contributed by atoms with Gasteiger partial charge in [-0.25, -0.2) is 8.42 Å². The normalized spacial score (nSPS) is 15.0. The van der Waals surface area contributed by atoms with Gasteiger partial charge in [-0.15, -0.1) is 0 Å². The summed E-state index contributed by atoms with van der Waals surface area (Å²) in [5.41, 5.74) is 2.30. The van der Waals surface area contributed by atoms with E-state index in [1.54, 1.807) is 37.4 Å². The van der Waals surface area contributed by atoms with Gasteiger partial charge in [0, 0.05) is 37.0 Å². The molecule has 1 fully saturated rings. The Bertz CT molecular complexity index is 1080. The summed E-state index contributed by atoms with van der Waals surface area (Å²) in [6.07, 6.45) is 4.94. The van der Waals surface area contributed by atoms with Crippen molar-refractivity contribution in [3.63, 3.8) is 0 Å². The van der Waals surface area contributed by atoms with Crippen LogP contribution in [0.25, 0.3) is 0 Å².